The molecule has 0 amide bonds. The summed E-state index contributed by atoms with van der Waals surface area (Å²) in [6, 6.07) is 1.09. The molecule has 2 heterocycles. The smallest absolute Gasteiger partial charge is 0.0708 e. The van der Waals surface area contributed by atoms with Crippen LogP contribution < -0.4 is 5.32 Å². The number of hydrogen-bond acceptors (Lipinski definition) is 2. The minimum atomic E-state index is -0.0336. The van der Waals surface area contributed by atoms with Gasteiger partial charge in [0.15, 0.2) is 0 Å². The maximum Gasteiger partial charge on any atom is 0.0708 e. The quantitative estimate of drug-likeness (QED) is 0.458. The molecule has 0 spiro atoms. The average molecular weight is 113 g/mol. The summed E-state index contributed by atoms with van der Waals surface area (Å²) >= 11 is 0. The van der Waals surface area contributed by atoms with Gasteiger partial charge in [-0.05, 0) is 19.3 Å². The van der Waals surface area contributed by atoms with Crippen molar-refractivity contribution in [3.63, 3.8) is 0 Å². The molecule has 2 nitrogen and oxygen atoms in total. The lowest BCUT2D eigenvalue weighted by Gasteiger charge is -2.12. The zero-order valence-electron chi connectivity index (χ0n) is 4.80. The van der Waals surface area contributed by atoms with Crippen LogP contribution in [0.15, 0.2) is 0 Å². The lowest BCUT2D eigenvalue weighted by Crippen LogP contribution is -2.26. The zero-order valence-corrected chi connectivity index (χ0v) is 4.80. The normalized spacial score (nSPS) is 52.9. The summed E-state index contributed by atoms with van der Waals surface area (Å²) in [5, 5.41) is 12.5. The molecule has 0 aliphatic carbocycles. The van der Waals surface area contributed by atoms with Crippen LogP contribution in [0.1, 0.15) is 19.3 Å². The fourth-order valence-corrected chi connectivity index (χ4v) is 1.80. The van der Waals surface area contributed by atoms with Crippen molar-refractivity contribution in [3.8, 4) is 0 Å². The highest BCUT2D eigenvalue weighted by atomic mass is 16.3. The summed E-state index contributed by atoms with van der Waals surface area (Å²) in [5.41, 5.74) is 0. The van der Waals surface area contributed by atoms with Crippen LogP contribution in [-0.2, 0) is 0 Å². The van der Waals surface area contributed by atoms with Gasteiger partial charge >= 0.3 is 0 Å². The summed E-state index contributed by atoms with van der Waals surface area (Å²) in [6.07, 6.45) is 3.42. The van der Waals surface area contributed by atoms with Crippen LogP contribution in [-0.4, -0.2) is 23.3 Å². The highest BCUT2D eigenvalue weighted by molar-refractivity contribution is 4.97. The maximum atomic E-state index is 9.16. The first-order chi connectivity index (χ1) is 3.86. The van der Waals surface area contributed by atoms with Crippen LogP contribution >= 0.6 is 0 Å². The van der Waals surface area contributed by atoms with Crippen molar-refractivity contribution in [2.45, 2.75) is 37.5 Å². The SMILES string of the molecule is O[C@H]1C[C@H]2CCC1N2. The predicted molar refractivity (Wildman–Crippen MR) is 30.6 cm³/mol. The minimum Gasteiger partial charge on any atom is -0.391 e. The van der Waals surface area contributed by atoms with E-state index in [1.54, 1.807) is 0 Å². The molecule has 2 aliphatic rings. The van der Waals surface area contributed by atoms with Gasteiger partial charge in [0.05, 0.1) is 6.10 Å². The molecule has 8 heavy (non-hydrogen) atoms. The Balaban J connectivity index is 2.11. The van der Waals surface area contributed by atoms with E-state index in [4.69, 9.17) is 5.11 Å². The standard InChI is InChI=1S/C6H11NO/c8-6-3-4-1-2-5(6)7-4/h4-8H,1-3H2/t4-,5?,6+/m1/s1. The zero-order chi connectivity index (χ0) is 5.56. The second-order valence-corrected chi connectivity index (χ2v) is 2.85. The fraction of sp³-hybridized carbons (Fsp3) is 1.00. The van der Waals surface area contributed by atoms with Crippen molar-refractivity contribution in [1.82, 2.24) is 5.32 Å². The molecule has 2 heteroatoms. The van der Waals surface area contributed by atoms with Gasteiger partial charge in [-0.3, -0.25) is 0 Å². The van der Waals surface area contributed by atoms with Gasteiger partial charge in [0, 0.05) is 12.1 Å². The summed E-state index contributed by atoms with van der Waals surface area (Å²) in [6.45, 7) is 0. The lowest BCUT2D eigenvalue weighted by molar-refractivity contribution is 0.145. The summed E-state index contributed by atoms with van der Waals surface area (Å²) < 4.78 is 0. The summed E-state index contributed by atoms with van der Waals surface area (Å²) in [4.78, 5) is 0. The summed E-state index contributed by atoms with van der Waals surface area (Å²) in [5.74, 6) is 0. The minimum absolute atomic E-state index is 0.0336. The largest absolute Gasteiger partial charge is 0.391 e. The highest BCUT2D eigenvalue weighted by Crippen LogP contribution is 2.27. The molecule has 2 fully saturated rings. The van der Waals surface area contributed by atoms with Crippen LogP contribution in [0.2, 0.25) is 0 Å². The number of nitrogens with one attached hydrogen (secondary N) is 1. The molecule has 2 aliphatic heterocycles. The van der Waals surface area contributed by atoms with E-state index in [0.717, 1.165) is 6.42 Å². The third kappa shape index (κ3) is 0.501. The number of aliphatic hydroxyl groups excluding tert-OH is 1. The Morgan fingerprint density at radius 3 is 2.50 bits per heavy atom. The molecule has 2 saturated heterocycles. The molecule has 0 aromatic rings. The predicted octanol–water partition coefficient (Wildman–Crippen LogP) is -0.128. The van der Waals surface area contributed by atoms with Crippen molar-refractivity contribution in [3.05, 3.63) is 0 Å². The molecule has 2 bridgehead atoms. The van der Waals surface area contributed by atoms with Gasteiger partial charge in [-0.2, -0.15) is 0 Å². The van der Waals surface area contributed by atoms with Gasteiger partial charge < -0.3 is 10.4 Å². The van der Waals surface area contributed by atoms with Gasteiger partial charge in [0.1, 0.15) is 0 Å². The van der Waals surface area contributed by atoms with Crippen molar-refractivity contribution < 1.29 is 5.11 Å². The molecule has 1 unspecified atom stereocenters. The van der Waals surface area contributed by atoms with Crippen molar-refractivity contribution in [1.29, 1.82) is 0 Å². The molecule has 3 atom stereocenters. The fourth-order valence-electron chi connectivity index (χ4n) is 1.80. The first-order valence-electron chi connectivity index (χ1n) is 3.30. The number of fused-ring (bicyclic) bond motifs is 2. The Bertz CT molecular complexity index is 103. The van der Waals surface area contributed by atoms with Gasteiger partial charge in [-0.1, -0.05) is 0 Å². The first-order valence-corrected chi connectivity index (χ1v) is 3.30. The van der Waals surface area contributed by atoms with Gasteiger partial charge in [0.2, 0.25) is 0 Å². The third-order valence-corrected chi connectivity index (χ3v) is 2.27. The van der Waals surface area contributed by atoms with E-state index >= 15 is 0 Å². The molecule has 0 aromatic heterocycles. The molecular formula is C6H11NO. The van der Waals surface area contributed by atoms with Crippen LogP contribution in [0, 0.1) is 0 Å². The van der Waals surface area contributed by atoms with E-state index < -0.39 is 0 Å². The third-order valence-electron chi connectivity index (χ3n) is 2.27. The van der Waals surface area contributed by atoms with Crippen molar-refractivity contribution in [2.75, 3.05) is 0 Å². The second kappa shape index (κ2) is 1.45. The summed E-state index contributed by atoms with van der Waals surface area (Å²) in [7, 11) is 0. The van der Waals surface area contributed by atoms with Crippen LogP contribution in [0.25, 0.3) is 0 Å². The molecular weight excluding hydrogens is 102 g/mol. The Morgan fingerprint density at radius 2 is 2.25 bits per heavy atom. The van der Waals surface area contributed by atoms with E-state index in [-0.39, 0.29) is 6.10 Å². The average Bonchev–Trinajstić information content (AvgIpc) is 2.23. The van der Waals surface area contributed by atoms with Crippen molar-refractivity contribution >= 4 is 0 Å². The van der Waals surface area contributed by atoms with Crippen LogP contribution in [0.4, 0.5) is 0 Å². The Kier molecular flexibility index (Phi) is 0.866. The molecule has 0 saturated carbocycles. The van der Waals surface area contributed by atoms with E-state index in [0.29, 0.717) is 12.1 Å². The van der Waals surface area contributed by atoms with Crippen LogP contribution in [0.3, 0.4) is 0 Å². The van der Waals surface area contributed by atoms with Crippen LogP contribution in [0.5, 0.6) is 0 Å². The van der Waals surface area contributed by atoms with Gasteiger partial charge in [0.25, 0.3) is 0 Å². The van der Waals surface area contributed by atoms with Gasteiger partial charge in [-0.25, -0.2) is 0 Å². The monoisotopic (exact) mass is 113 g/mol. The second-order valence-electron chi connectivity index (χ2n) is 2.85. The van der Waals surface area contributed by atoms with Gasteiger partial charge in [-0.15, -0.1) is 0 Å². The van der Waals surface area contributed by atoms with Crippen molar-refractivity contribution in [2.24, 2.45) is 0 Å². The van der Waals surface area contributed by atoms with E-state index in [1.807, 2.05) is 0 Å². The topological polar surface area (TPSA) is 32.3 Å². The Morgan fingerprint density at radius 1 is 1.38 bits per heavy atom. The van der Waals surface area contributed by atoms with E-state index in [2.05, 4.69) is 5.32 Å². The van der Waals surface area contributed by atoms with E-state index in [1.165, 1.54) is 12.8 Å². The number of hydrogen-bond donors (Lipinski definition) is 2. The molecule has 0 radical (unpaired) electrons. The molecule has 2 rings (SSSR count). The number of aliphatic hydroxyl groups is 1. The molecule has 2 N–H and O–H groups in total. The maximum absolute atomic E-state index is 9.16. The molecule has 0 aromatic carbocycles. The Hall–Kier alpha value is -0.0800. The highest BCUT2D eigenvalue weighted by Gasteiger charge is 2.37. The number of rotatable bonds is 0. The first kappa shape index (κ1) is 4.77. The lowest BCUT2D eigenvalue weighted by atomic mass is 9.98. The Labute approximate surface area is 48.9 Å². The van der Waals surface area contributed by atoms with E-state index in [9.17, 15) is 0 Å². The molecule has 46 valence electrons.